The summed E-state index contributed by atoms with van der Waals surface area (Å²) < 4.78 is 15.0. The second kappa shape index (κ2) is 6.61. The predicted octanol–water partition coefficient (Wildman–Crippen LogP) is 4.40. The number of carbonyl (C=O) groups excluding carboxylic acids is 1. The van der Waals surface area contributed by atoms with Crippen molar-refractivity contribution in [2.75, 3.05) is 11.1 Å². The molecule has 1 atom stereocenters. The summed E-state index contributed by atoms with van der Waals surface area (Å²) >= 11 is 1.60. The van der Waals surface area contributed by atoms with Crippen LogP contribution in [0.1, 0.15) is 27.6 Å². The third-order valence-corrected chi connectivity index (χ3v) is 5.69. The van der Waals surface area contributed by atoms with Crippen LogP contribution < -0.4 is 5.32 Å². The Morgan fingerprint density at radius 1 is 1.19 bits per heavy atom. The maximum atomic E-state index is 13.3. The molecule has 4 nitrogen and oxygen atoms in total. The Morgan fingerprint density at radius 2 is 1.96 bits per heavy atom. The standard InChI is InChI=1S/C20H18FN3OS/c1-12-4-3-5-14(10-12)19-18-13(2)23-24(16-8-6-15(21)7-9-16)20(18)22-17(25)11-26-19/h3-10,19H,11H2,1-2H3,(H,22,25)/t19-/m0/s1. The lowest BCUT2D eigenvalue weighted by Gasteiger charge is -2.16. The summed E-state index contributed by atoms with van der Waals surface area (Å²) in [5, 5.41) is 7.63. The summed E-state index contributed by atoms with van der Waals surface area (Å²) in [6.07, 6.45) is 0. The first-order valence-corrected chi connectivity index (χ1v) is 9.41. The van der Waals surface area contributed by atoms with E-state index in [-0.39, 0.29) is 17.0 Å². The smallest absolute Gasteiger partial charge is 0.235 e. The molecule has 132 valence electrons. The van der Waals surface area contributed by atoms with E-state index in [4.69, 9.17) is 0 Å². The van der Waals surface area contributed by atoms with Crippen molar-refractivity contribution in [1.29, 1.82) is 0 Å². The van der Waals surface area contributed by atoms with Crippen LogP contribution in [0.25, 0.3) is 5.69 Å². The Bertz CT molecular complexity index is 981. The normalized spacial score (nSPS) is 16.7. The molecule has 0 saturated carbocycles. The zero-order valence-electron chi connectivity index (χ0n) is 14.5. The van der Waals surface area contributed by atoms with Crippen LogP contribution in [-0.4, -0.2) is 21.4 Å². The van der Waals surface area contributed by atoms with Gasteiger partial charge in [0.05, 0.1) is 22.4 Å². The molecule has 1 aliphatic heterocycles. The molecule has 0 fully saturated rings. The van der Waals surface area contributed by atoms with Crippen molar-refractivity contribution in [3.63, 3.8) is 0 Å². The summed E-state index contributed by atoms with van der Waals surface area (Å²) in [6.45, 7) is 4.00. The molecule has 2 heterocycles. The number of fused-ring (bicyclic) bond motifs is 1. The molecule has 1 N–H and O–H groups in total. The van der Waals surface area contributed by atoms with E-state index in [1.807, 2.05) is 13.0 Å². The van der Waals surface area contributed by atoms with Gasteiger partial charge in [0.25, 0.3) is 0 Å². The van der Waals surface area contributed by atoms with Gasteiger partial charge in [-0.15, -0.1) is 11.8 Å². The number of benzene rings is 2. The molecule has 1 amide bonds. The van der Waals surface area contributed by atoms with Gasteiger partial charge in [0.15, 0.2) is 0 Å². The summed E-state index contributed by atoms with van der Waals surface area (Å²) in [7, 11) is 0. The van der Waals surface area contributed by atoms with Crippen LogP contribution in [0.2, 0.25) is 0 Å². The zero-order valence-corrected chi connectivity index (χ0v) is 15.3. The van der Waals surface area contributed by atoms with Crippen LogP contribution in [-0.2, 0) is 4.79 Å². The number of nitrogens with one attached hydrogen (secondary N) is 1. The van der Waals surface area contributed by atoms with Crippen molar-refractivity contribution in [2.24, 2.45) is 0 Å². The molecule has 0 radical (unpaired) electrons. The number of carbonyl (C=O) groups is 1. The molecule has 6 heteroatoms. The number of halogens is 1. The van der Waals surface area contributed by atoms with Crippen LogP contribution in [0.4, 0.5) is 10.2 Å². The average molecular weight is 367 g/mol. The molecule has 4 rings (SSSR count). The van der Waals surface area contributed by atoms with Gasteiger partial charge in [-0.05, 0) is 43.7 Å². The quantitative estimate of drug-likeness (QED) is 0.730. The minimum absolute atomic E-state index is 0.0121. The highest BCUT2D eigenvalue weighted by Gasteiger charge is 2.30. The van der Waals surface area contributed by atoms with E-state index >= 15 is 0 Å². The number of aryl methyl sites for hydroxylation is 2. The summed E-state index contributed by atoms with van der Waals surface area (Å²) in [5.74, 6) is 0.669. The Kier molecular flexibility index (Phi) is 4.28. The Balaban J connectivity index is 1.89. The van der Waals surface area contributed by atoms with Gasteiger partial charge in [-0.25, -0.2) is 9.07 Å². The van der Waals surface area contributed by atoms with Crippen LogP contribution in [0.5, 0.6) is 0 Å². The molecule has 0 unspecified atom stereocenters. The van der Waals surface area contributed by atoms with Crippen molar-refractivity contribution in [3.8, 4) is 5.69 Å². The first-order chi connectivity index (χ1) is 12.5. The van der Waals surface area contributed by atoms with Crippen LogP contribution >= 0.6 is 11.8 Å². The van der Waals surface area contributed by atoms with Crippen molar-refractivity contribution < 1.29 is 9.18 Å². The number of hydrogen-bond acceptors (Lipinski definition) is 3. The minimum atomic E-state index is -0.305. The van der Waals surface area contributed by atoms with E-state index < -0.39 is 0 Å². The second-order valence-corrected chi connectivity index (χ2v) is 7.48. The van der Waals surface area contributed by atoms with E-state index in [2.05, 4.69) is 35.5 Å². The molecule has 0 saturated heterocycles. The molecule has 0 bridgehead atoms. The minimum Gasteiger partial charge on any atom is -0.310 e. The van der Waals surface area contributed by atoms with Gasteiger partial charge in [0, 0.05) is 5.56 Å². The van der Waals surface area contributed by atoms with Gasteiger partial charge >= 0.3 is 0 Å². The summed E-state index contributed by atoms with van der Waals surface area (Å²) in [5.41, 5.74) is 4.89. The van der Waals surface area contributed by atoms with Gasteiger partial charge in [0.1, 0.15) is 11.6 Å². The van der Waals surface area contributed by atoms with E-state index in [0.29, 0.717) is 17.3 Å². The molecule has 2 aromatic carbocycles. The number of rotatable bonds is 2. The molecule has 3 aromatic rings. The summed E-state index contributed by atoms with van der Waals surface area (Å²) in [4.78, 5) is 12.3. The molecular formula is C20H18FN3OS. The monoisotopic (exact) mass is 367 g/mol. The van der Waals surface area contributed by atoms with Crippen molar-refractivity contribution >= 4 is 23.5 Å². The van der Waals surface area contributed by atoms with Crippen LogP contribution in [0.15, 0.2) is 48.5 Å². The number of anilines is 1. The van der Waals surface area contributed by atoms with Crippen molar-refractivity contribution in [1.82, 2.24) is 9.78 Å². The van der Waals surface area contributed by atoms with Crippen molar-refractivity contribution in [3.05, 3.63) is 76.7 Å². The fraction of sp³-hybridized carbons (Fsp3) is 0.200. The van der Waals surface area contributed by atoms with Crippen molar-refractivity contribution in [2.45, 2.75) is 19.1 Å². The fourth-order valence-electron chi connectivity index (χ4n) is 3.25. The SMILES string of the molecule is Cc1cccc([C@@H]2SCC(=O)Nc3c2c(C)nn3-c2ccc(F)cc2)c1. The maximum Gasteiger partial charge on any atom is 0.235 e. The largest absolute Gasteiger partial charge is 0.310 e. The third kappa shape index (κ3) is 3.01. The topological polar surface area (TPSA) is 46.9 Å². The lowest BCUT2D eigenvalue weighted by molar-refractivity contribution is -0.113. The number of thioether (sulfide) groups is 1. The number of aromatic nitrogens is 2. The summed E-state index contributed by atoms with van der Waals surface area (Å²) in [6, 6.07) is 14.4. The number of amides is 1. The number of hydrogen-bond donors (Lipinski definition) is 1. The van der Waals surface area contributed by atoms with Gasteiger partial charge in [-0.3, -0.25) is 4.79 Å². The van der Waals surface area contributed by atoms with E-state index in [1.54, 1.807) is 28.6 Å². The first-order valence-electron chi connectivity index (χ1n) is 8.36. The van der Waals surface area contributed by atoms with Crippen LogP contribution in [0, 0.1) is 19.7 Å². The number of nitrogens with zero attached hydrogens (tertiary/aromatic N) is 2. The Morgan fingerprint density at radius 3 is 2.69 bits per heavy atom. The molecule has 1 aromatic heterocycles. The third-order valence-electron chi connectivity index (χ3n) is 4.42. The predicted molar refractivity (Wildman–Crippen MR) is 102 cm³/mol. The zero-order chi connectivity index (χ0) is 18.3. The van der Waals surface area contributed by atoms with Gasteiger partial charge in [-0.1, -0.05) is 29.8 Å². The van der Waals surface area contributed by atoms with Crippen LogP contribution in [0.3, 0.4) is 0 Å². The van der Waals surface area contributed by atoms with E-state index in [0.717, 1.165) is 16.8 Å². The molecule has 0 aliphatic carbocycles. The second-order valence-electron chi connectivity index (χ2n) is 6.39. The highest BCUT2D eigenvalue weighted by molar-refractivity contribution is 8.00. The fourth-order valence-corrected chi connectivity index (χ4v) is 4.43. The Labute approximate surface area is 155 Å². The Hall–Kier alpha value is -2.60. The highest BCUT2D eigenvalue weighted by Crippen LogP contribution is 2.43. The lowest BCUT2D eigenvalue weighted by atomic mass is 10.0. The van der Waals surface area contributed by atoms with Gasteiger partial charge in [-0.2, -0.15) is 5.10 Å². The van der Waals surface area contributed by atoms with Gasteiger partial charge in [0.2, 0.25) is 5.91 Å². The lowest BCUT2D eigenvalue weighted by Crippen LogP contribution is -2.15. The molecule has 26 heavy (non-hydrogen) atoms. The first kappa shape index (κ1) is 16.8. The van der Waals surface area contributed by atoms with Gasteiger partial charge < -0.3 is 5.32 Å². The maximum absolute atomic E-state index is 13.3. The molecule has 1 aliphatic rings. The van der Waals surface area contributed by atoms with E-state index in [1.165, 1.54) is 17.7 Å². The van der Waals surface area contributed by atoms with E-state index in [9.17, 15) is 9.18 Å². The highest BCUT2D eigenvalue weighted by atomic mass is 32.2. The molecule has 0 spiro atoms. The molecular weight excluding hydrogens is 349 g/mol. The average Bonchev–Trinajstić information content (AvgIpc) is 2.82.